The van der Waals surface area contributed by atoms with E-state index in [1.165, 1.54) is 0 Å². The van der Waals surface area contributed by atoms with Gasteiger partial charge in [-0.25, -0.2) is 0 Å². The van der Waals surface area contributed by atoms with Crippen LogP contribution in [0, 0.1) is 0 Å². The first kappa shape index (κ1) is 13.1. The average molecular weight is 294 g/mol. The maximum Gasteiger partial charge on any atom is 0.247 e. The van der Waals surface area contributed by atoms with Crippen LogP contribution in [0.5, 0.6) is 0 Å². The van der Waals surface area contributed by atoms with Crippen molar-refractivity contribution in [1.82, 2.24) is 19.9 Å². The largest absolute Gasteiger partial charge is 0.366 e. The highest BCUT2D eigenvalue weighted by molar-refractivity contribution is 5.57. The van der Waals surface area contributed by atoms with E-state index < -0.39 is 0 Å². The van der Waals surface area contributed by atoms with E-state index in [0.29, 0.717) is 12.0 Å². The average Bonchev–Trinajstić information content (AvgIpc) is 3.18. The second-order valence-corrected chi connectivity index (χ2v) is 5.44. The molecule has 0 saturated carbocycles. The lowest BCUT2D eigenvalue weighted by Crippen LogP contribution is -2.23. The number of anilines is 3. The number of nitrogens with zero attached hydrogens (tertiary/aromatic N) is 3. The van der Waals surface area contributed by atoms with E-state index in [0.717, 1.165) is 36.7 Å². The van der Waals surface area contributed by atoms with Gasteiger partial charge in [0.05, 0.1) is 0 Å². The number of para-hydroxylation sites is 1. The third-order valence-electron chi connectivity index (χ3n) is 3.80. The Morgan fingerprint density at radius 1 is 1.09 bits per heavy atom. The predicted octanol–water partition coefficient (Wildman–Crippen LogP) is 2.25. The maximum atomic E-state index is 4.56. The van der Waals surface area contributed by atoms with Gasteiger partial charge in [0.15, 0.2) is 5.65 Å². The number of benzene rings is 1. The molecule has 112 valence electrons. The molecule has 1 aliphatic heterocycles. The SMILES string of the molecule is c1ccc(Nc2nc3cccc(NC4CCNC4)n3n2)cc1. The summed E-state index contributed by atoms with van der Waals surface area (Å²) in [5, 5.41) is 14.7. The molecule has 1 unspecified atom stereocenters. The van der Waals surface area contributed by atoms with Crippen molar-refractivity contribution < 1.29 is 0 Å². The minimum absolute atomic E-state index is 0.445. The molecule has 0 radical (unpaired) electrons. The van der Waals surface area contributed by atoms with Crippen LogP contribution in [0.2, 0.25) is 0 Å². The van der Waals surface area contributed by atoms with Gasteiger partial charge < -0.3 is 16.0 Å². The van der Waals surface area contributed by atoms with Gasteiger partial charge >= 0.3 is 0 Å². The molecule has 22 heavy (non-hydrogen) atoms. The van der Waals surface area contributed by atoms with Gasteiger partial charge in [0.2, 0.25) is 5.95 Å². The Hall–Kier alpha value is -2.60. The molecule has 1 fully saturated rings. The molecule has 0 bridgehead atoms. The number of hydrogen-bond acceptors (Lipinski definition) is 5. The molecular weight excluding hydrogens is 276 g/mol. The molecule has 4 rings (SSSR count). The smallest absolute Gasteiger partial charge is 0.247 e. The van der Waals surface area contributed by atoms with Crippen LogP contribution in [0.25, 0.3) is 5.65 Å². The lowest BCUT2D eigenvalue weighted by Gasteiger charge is -2.13. The van der Waals surface area contributed by atoms with E-state index in [9.17, 15) is 0 Å². The van der Waals surface area contributed by atoms with Gasteiger partial charge in [-0.05, 0) is 37.2 Å². The summed E-state index contributed by atoms with van der Waals surface area (Å²) < 4.78 is 1.85. The third-order valence-corrected chi connectivity index (χ3v) is 3.80. The molecule has 1 aromatic carbocycles. The van der Waals surface area contributed by atoms with Crippen molar-refractivity contribution in [2.45, 2.75) is 12.5 Å². The summed E-state index contributed by atoms with van der Waals surface area (Å²) in [6.07, 6.45) is 1.13. The zero-order chi connectivity index (χ0) is 14.8. The number of pyridine rings is 1. The van der Waals surface area contributed by atoms with Crippen molar-refractivity contribution in [3.8, 4) is 0 Å². The standard InChI is InChI=1S/C16H18N6/c1-2-5-12(6-3-1)19-16-20-15-8-4-7-14(22(15)21-16)18-13-9-10-17-11-13/h1-8,13,17-18H,9-11H2,(H,19,21). The van der Waals surface area contributed by atoms with Gasteiger partial charge in [0.25, 0.3) is 0 Å². The van der Waals surface area contributed by atoms with Gasteiger partial charge in [-0.15, -0.1) is 5.10 Å². The molecule has 0 amide bonds. The van der Waals surface area contributed by atoms with E-state index in [1.807, 2.05) is 53.0 Å². The molecule has 3 heterocycles. The van der Waals surface area contributed by atoms with Crippen molar-refractivity contribution >= 4 is 23.1 Å². The van der Waals surface area contributed by atoms with Gasteiger partial charge in [-0.2, -0.15) is 9.50 Å². The lowest BCUT2D eigenvalue weighted by atomic mass is 10.2. The van der Waals surface area contributed by atoms with Gasteiger partial charge in [-0.1, -0.05) is 24.3 Å². The number of fused-ring (bicyclic) bond motifs is 1. The molecule has 0 aliphatic carbocycles. The van der Waals surface area contributed by atoms with Crippen LogP contribution in [0.15, 0.2) is 48.5 Å². The Bertz CT molecular complexity index is 761. The lowest BCUT2D eigenvalue weighted by molar-refractivity contribution is 0.777. The molecule has 0 spiro atoms. The summed E-state index contributed by atoms with van der Waals surface area (Å²) in [7, 11) is 0. The monoisotopic (exact) mass is 294 g/mol. The number of hydrogen-bond donors (Lipinski definition) is 3. The Kier molecular flexibility index (Phi) is 3.36. The van der Waals surface area contributed by atoms with E-state index in [4.69, 9.17) is 0 Å². The summed E-state index contributed by atoms with van der Waals surface area (Å²) in [4.78, 5) is 4.53. The fraction of sp³-hybridized carbons (Fsp3) is 0.250. The fourth-order valence-electron chi connectivity index (χ4n) is 2.71. The van der Waals surface area contributed by atoms with Crippen LogP contribution in [0.4, 0.5) is 17.5 Å². The first-order chi connectivity index (χ1) is 10.9. The van der Waals surface area contributed by atoms with Crippen molar-refractivity contribution in [1.29, 1.82) is 0 Å². The Labute approximate surface area is 128 Å². The van der Waals surface area contributed by atoms with E-state index >= 15 is 0 Å². The predicted molar refractivity (Wildman–Crippen MR) is 87.6 cm³/mol. The molecule has 1 atom stereocenters. The number of nitrogens with one attached hydrogen (secondary N) is 3. The summed E-state index contributed by atoms with van der Waals surface area (Å²) in [6.45, 7) is 2.05. The zero-order valence-corrected chi connectivity index (χ0v) is 12.2. The zero-order valence-electron chi connectivity index (χ0n) is 12.2. The van der Waals surface area contributed by atoms with Crippen molar-refractivity contribution in [3.63, 3.8) is 0 Å². The molecule has 1 aliphatic rings. The Morgan fingerprint density at radius 3 is 2.82 bits per heavy atom. The topological polar surface area (TPSA) is 66.3 Å². The van der Waals surface area contributed by atoms with E-state index in [2.05, 4.69) is 26.0 Å². The van der Waals surface area contributed by atoms with Crippen LogP contribution >= 0.6 is 0 Å². The Balaban J connectivity index is 1.62. The third kappa shape index (κ3) is 2.60. The van der Waals surface area contributed by atoms with Gasteiger partial charge in [-0.3, -0.25) is 0 Å². The molecule has 2 aromatic heterocycles. The van der Waals surface area contributed by atoms with Crippen molar-refractivity contribution in [2.75, 3.05) is 23.7 Å². The number of aromatic nitrogens is 3. The van der Waals surface area contributed by atoms with E-state index in [1.54, 1.807) is 0 Å². The molecule has 3 N–H and O–H groups in total. The van der Waals surface area contributed by atoms with Crippen LogP contribution in [0.1, 0.15) is 6.42 Å². The summed E-state index contributed by atoms with van der Waals surface area (Å²) >= 11 is 0. The van der Waals surface area contributed by atoms with Crippen molar-refractivity contribution in [3.05, 3.63) is 48.5 Å². The summed E-state index contributed by atoms with van der Waals surface area (Å²) in [5.74, 6) is 1.57. The second-order valence-electron chi connectivity index (χ2n) is 5.44. The Morgan fingerprint density at radius 2 is 2.00 bits per heavy atom. The van der Waals surface area contributed by atoms with Gasteiger partial charge in [0.1, 0.15) is 5.82 Å². The minimum Gasteiger partial charge on any atom is -0.366 e. The molecule has 6 nitrogen and oxygen atoms in total. The normalized spacial score (nSPS) is 17.7. The maximum absolute atomic E-state index is 4.56. The first-order valence-corrected chi connectivity index (χ1v) is 7.54. The van der Waals surface area contributed by atoms with Crippen molar-refractivity contribution in [2.24, 2.45) is 0 Å². The molecule has 6 heteroatoms. The number of rotatable bonds is 4. The van der Waals surface area contributed by atoms with Crippen LogP contribution < -0.4 is 16.0 Å². The second kappa shape index (κ2) is 5.65. The van der Waals surface area contributed by atoms with Gasteiger partial charge in [0, 0.05) is 18.3 Å². The van der Waals surface area contributed by atoms with Crippen LogP contribution in [-0.4, -0.2) is 33.7 Å². The fourth-order valence-corrected chi connectivity index (χ4v) is 2.71. The first-order valence-electron chi connectivity index (χ1n) is 7.54. The quantitative estimate of drug-likeness (QED) is 0.689. The summed E-state index contributed by atoms with van der Waals surface area (Å²) in [6, 6.07) is 16.4. The van der Waals surface area contributed by atoms with Crippen LogP contribution in [-0.2, 0) is 0 Å². The highest BCUT2D eigenvalue weighted by atomic mass is 15.4. The highest BCUT2D eigenvalue weighted by Gasteiger charge is 2.16. The minimum atomic E-state index is 0.445. The molecule has 1 saturated heterocycles. The molecular formula is C16H18N6. The summed E-state index contributed by atoms with van der Waals surface area (Å²) in [5.41, 5.74) is 1.81. The van der Waals surface area contributed by atoms with Crippen LogP contribution in [0.3, 0.4) is 0 Å². The van der Waals surface area contributed by atoms with E-state index in [-0.39, 0.29) is 0 Å². The molecule has 3 aromatic rings. The highest BCUT2D eigenvalue weighted by Crippen LogP contribution is 2.17.